The molecule has 0 saturated heterocycles. The van der Waals surface area contributed by atoms with Crippen molar-refractivity contribution in [1.82, 2.24) is 0 Å². The van der Waals surface area contributed by atoms with E-state index in [4.69, 9.17) is 4.74 Å². The highest BCUT2D eigenvalue weighted by Crippen LogP contribution is 2.28. The van der Waals surface area contributed by atoms with Gasteiger partial charge in [0.2, 0.25) is 0 Å². The van der Waals surface area contributed by atoms with Crippen molar-refractivity contribution in [2.24, 2.45) is 0 Å². The van der Waals surface area contributed by atoms with Crippen molar-refractivity contribution in [1.29, 1.82) is 0 Å². The minimum absolute atomic E-state index is 0.914. The Morgan fingerprint density at radius 2 is 1.56 bits per heavy atom. The molecule has 1 nitrogen and oxygen atoms in total. The van der Waals surface area contributed by atoms with Crippen molar-refractivity contribution in [3.8, 4) is 0 Å². The first kappa shape index (κ1) is 16.1. The van der Waals surface area contributed by atoms with Gasteiger partial charge in [-0.25, -0.2) is 0 Å². The molecule has 0 N–H and O–H groups in total. The molecule has 0 bridgehead atoms. The van der Waals surface area contributed by atoms with Crippen molar-refractivity contribution in [2.45, 2.75) is 58.0 Å². The molecule has 0 aliphatic rings. The van der Waals surface area contributed by atoms with Crippen molar-refractivity contribution in [3.05, 3.63) is 11.4 Å². The number of hydrogen-bond acceptors (Lipinski definition) is 1. The number of hydrogen-bond donors (Lipinski definition) is 0. The lowest BCUT2D eigenvalue weighted by atomic mass is 10.3. The van der Waals surface area contributed by atoms with Gasteiger partial charge in [0.15, 0.2) is 0 Å². The first-order valence-corrected chi connectivity index (χ1v) is 13.1. The second-order valence-electron chi connectivity index (χ2n) is 6.42. The van der Waals surface area contributed by atoms with Gasteiger partial charge >= 0.3 is 0 Å². The Labute approximate surface area is 104 Å². The van der Waals surface area contributed by atoms with Crippen LogP contribution in [0.2, 0.25) is 38.8 Å². The first-order chi connectivity index (χ1) is 7.22. The third-order valence-electron chi connectivity index (χ3n) is 3.37. The molecule has 0 radical (unpaired) electrons. The molecule has 96 valence electrons. The minimum atomic E-state index is -1.18. The lowest BCUT2D eigenvalue weighted by molar-refractivity contribution is 0.192. The van der Waals surface area contributed by atoms with E-state index in [2.05, 4.69) is 39.3 Å². The van der Waals surface area contributed by atoms with Crippen molar-refractivity contribution < 1.29 is 4.74 Å². The molecule has 16 heavy (non-hydrogen) atoms. The van der Waals surface area contributed by atoms with Crippen LogP contribution in [0.4, 0.5) is 0 Å². The molecule has 0 saturated carbocycles. The monoisotopic (exact) mass is 258 g/mol. The topological polar surface area (TPSA) is 9.23 Å². The summed E-state index contributed by atoms with van der Waals surface area (Å²) in [6, 6.07) is 1.40. The summed E-state index contributed by atoms with van der Waals surface area (Å²) < 4.78 is 5.08. The van der Waals surface area contributed by atoms with E-state index in [0.29, 0.717) is 0 Å². The molecule has 0 aromatic heterocycles. The second-order valence-corrected chi connectivity index (χ2v) is 16.9. The largest absolute Gasteiger partial charge is 0.385 e. The molecule has 0 spiro atoms. The van der Waals surface area contributed by atoms with Gasteiger partial charge in [-0.05, 0) is 6.42 Å². The molecule has 0 aromatic carbocycles. The average molecular weight is 259 g/mol. The molecule has 0 heterocycles. The quantitative estimate of drug-likeness (QED) is 0.460. The predicted molar refractivity (Wildman–Crippen MR) is 80.5 cm³/mol. The highest BCUT2D eigenvalue weighted by Gasteiger charge is 2.32. The normalized spacial score (nSPS) is 12.9. The van der Waals surface area contributed by atoms with Crippen molar-refractivity contribution in [2.75, 3.05) is 13.7 Å². The van der Waals surface area contributed by atoms with Gasteiger partial charge in [-0.3, -0.25) is 0 Å². The zero-order valence-corrected chi connectivity index (χ0v) is 14.2. The number of methoxy groups -OCH3 is 1. The Bertz CT molecular complexity index is 216. The van der Waals surface area contributed by atoms with Gasteiger partial charge in [0.1, 0.15) is 0 Å². The zero-order valence-electron chi connectivity index (χ0n) is 12.2. The maximum absolute atomic E-state index is 5.08. The van der Waals surface area contributed by atoms with Crippen LogP contribution in [0.5, 0.6) is 0 Å². The van der Waals surface area contributed by atoms with Gasteiger partial charge in [0, 0.05) is 13.7 Å². The summed E-state index contributed by atoms with van der Waals surface area (Å²) in [7, 11) is -0.521. The van der Waals surface area contributed by atoms with E-state index in [1.54, 1.807) is 11.9 Å². The van der Waals surface area contributed by atoms with E-state index < -0.39 is 16.1 Å². The summed E-state index contributed by atoms with van der Waals surface area (Å²) in [5.74, 6) is 0. The lowest BCUT2D eigenvalue weighted by Gasteiger charge is -2.33. The fourth-order valence-corrected chi connectivity index (χ4v) is 12.1. The average Bonchev–Trinajstić information content (AvgIpc) is 2.15. The molecule has 0 unspecified atom stereocenters. The number of ether oxygens (including phenoxy) is 1. The molecule has 0 rings (SSSR count). The number of rotatable bonds is 8. The van der Waals surface area contributed by atoms with Gasteiger partial charge in [-0.15, -0.1) is 6.58 Å². The highest BCUT2D eigenvalue weighted by molar-refractivity contribution is 7.04. The van der Waals surface area contributed by atoms with Gasteiger partial charge < -0.3 is 4.74 Å². The number of unbranched alkanes of at least 4 members (excludes halogenated alkanes) is 2. The van der Waals surface area contributed by atoms with Gasteiger partial charge in [-0.1, -0.05) is 56.4 Å². The summed E-state index contributed by atoms with van der Waals surface area (Å²) >= 11 is 0. The predicted octanol–water partition coefficient (Wildman–Crippen LogP) is 4.48. The summed E-state index contributed by atoms with van der Waals surface area (Å²) in [5.41, 5.74) is 0. The molecule has 0 fully saturated rings. The highest BCUT2D eigenvalue weighted by atomic mass is 28.4. The van der Waals surface area contributed by atoms with Crippen LogP contribution in [-0.2, 0) is 4.74 Å². The standard InChI is InChI=1S/C13H30OSi2/c1-13(15(3,4)5)16(6,7)12-10-8-9-11-14-2/h1,8-12H2,2-7H3. The van der Waals surface area contributed by atoms with E-state index >= 15 is 0 Å². The van der Waals surface area contributed by atoms with Crippen LogP contribution in [0, 0.1) is 0 Å². The molecule has 0 aromatic rings. The van der Waals surface area contributed by atoms with Crippen LogP contribution in [-0.4, -0.2) is 29.9 Å². The summed E-state index contributed by atoms with van der Waals surface area (Å²) in [5, 5.41) is 0. The van der Waals surface area contributed by atoms with Gasteiger partial charge in [0.05, 0.1) is 16.1 Å². The second kappa shape index (κ2) is 6.77. The third-order valence-corrected chi connectivity index (χ3v) is 12.7. The van der Waals surface area contributed by atoms with E-state index in [1.165, 1.54) is 25.3 Å². The van der Waals surface area contributed by atoms with Crippen LogP contribution in [0.1, 0.15) is 19.3 Å². The van der Waals surface area contributed by atoms with Crippen LogP contribution in [0.3, 0.4) is 0 Å². The van der Waals surface area contributed by atoms with E-state index in [-0.39, 0.29) is 0 Å². The molecule has 0 amide bonds. The van der Waals surface area contributed by atoms with E-state index in [9.17, 15) is 0 Å². The smallest absolute Gasteiger partial charge is 0.0704 e. The van der Waals surface area contributed by atoms with Crippen LogP contribution in [0.25, 0.3) is 0 Å². The molecule has 0 aliphatic heterocycles. The SMILES string of the molecule is C=C([Si](C)(C)C)[Si](C)(C)CCCCCOC. The van der Waals surface area contributed by atoms with Gasteiger partial charge in [0.25, 0.3) is 0 Å². The Kier molecular flexibility index (Phi) is 6.83. The van der Waals surface area contributed by atoms with E-state index in [0.717, 1.165) is 6.61 Å². The Hall–Kier alpha value is 0.134. The molecule has 3 heteroatoms. The summed E-state index contributed by atoms with van der Waals surface area (Å²) in [6.07, 6.45) is 3.87. The van der Waals surface area contributed by atoms with Crippen LogP contribution >= 0.6 is 0 Å². The van der Waals surface area contributed by atoms with Crippen molar-refractivity contribution >= 4 is 16.1 Å². The maximum atomic E-state index is 5.08. The summed E-state index contributed by atoms with van der Waals surface area (Å²) in [4.78, 5) is 1.65. The Morgan fingerprint density at radius 3 is 2.00 bits per heavy atom. The fourth-order valence-electron chi connectivity index (χ4n) is 2.16. The van der Waals surface area contributed by atoms with Crippen molar-refractivity contribution in [3.63, 3.8) is 0 Å². The lowest BCUT2D eigenvalue weighted by Crippen LogP contribution is -2.41. The Morgan fingerprint density at radius 1 is 1.00 bits per heavy atom. The third kappa shape index (κ3) is 6.01. The molecule has 0 aliphatic carbocycles. The zero-order chi connectivity index (χ0) is 12.8. The fraction of sp³-hybridized carbons (Fsp3) is 0.846. The summed E-state index contributed by atoms with van der Waals surface area (Å²) in [6.45, 7) is 17.6. The van der Waals surface area contributed by atoms with E-state index in [1.807, 2.05) is 0 Å². The molecule has 0 atom stereocenters. The van der Waals surface area contributed by atoms with Crippen LogP contribution < -0.4 is 0 Å². The first-order valence-electron chi connectivity index (χ1n) is 6.40. The Balaban J connectivity index is 4.00. The minimum Gasteiger partial charge on any atom is -0.385 e. The van der Waals surface area contributed by atoms with Crippen LogP contribution in [0.15, 0.2) is 11.4 Å². The maximum Gasteiger partial charge on any atom is 0.0704 e. The molecular formula is C13H30OSi2. The van der Waals surface area contributed by atoms with Gasteiger partial charge in [-0.2, -0.15) is 0 Å². The molecular weight excluding hydrogens is 228 g/mol.